The van der Waals surface area contributed by atoms with Crippen molar-refractivity contribution in [2.24, 2.45) is 0 Å². The van der Waals surface area contributed by atoms with Gasteiger partial charge in [0.1, 0.15) is 0 Å². The normalized spacial score (nSPS) is 17.7. The minimum atomic E-state index is -1.23. The third-order valence-electron chi connectivity index (χ3n) is 1.95. The highest BCUT2D eigenvalue weighted by Crippen LogP contribution is 2.12. The van der Waals surface area contributed by atoms with Crippen LogP contribution < -0.4 is 0 Å². The maximum Gasteiger partial charge on any atom is 0.178 e. The van der Waals surface area contributed by atoms with E-state index in [2.05, 4.69) is 18.8 Å². The van der Waals surface area contributed by atoms with Crippen LogP contribution in [0.2, 0.25) is 0 Å². The molecule has 0 heterocycles. The van der Waals surface area contributed by atoms with E-state index in [0.717, 1.165) is 19.3 Å². The molecular weight excluding hydrogens is 176 g/mol. The number of carbonyl (C=O) groups excluding carboxylic acids is 1. The van der Waals surface area contributed by atoms with E-state index in [0.29, 0.717) is 0 Å². The number of hydrogen-bond donors (Lipinski definition) is 1. The summed E-state index contributed by atoms with van der Waals surface area (Å²) in [5, 5.41) is 9.79. The molecule has 0 aromatic heterocycles. The third-order valence-corrected chi connectivity index (χ3v) is 1.95. The van der Waals surface area contributed by atoms with Crippen LogP contribution in [-0.4, -0.2) is 16.5 Å². The zero-order valence-electron chi connectivity index (χ0n) is 8.29. The molecule has 0 spiro atoms. The largest absolute Gasteiger partial charge is 0.370 e. The van der Waals surface area contributed by atoms with Gasteiger partial charge in [0.05, 0.1) is 0 Å². The highest BCUT2D eigenvalue weighted by molar-refractivity contribution is 6.00. The average molecular weight is 190 g/mol. The Morgan fingerprint density at radius 3 is 2.64 bits per heavy atom. The van der Waals surface area contributed by atoms with Crippen LogP contribution >= 0.6 is 0 Å². The molecule has 2 nitrogen and oxygen atoms in total. The highest BCUT2D eigenvalue weighted by atomic mass is 16.3. The molecule has 0 amide bonds. The number of hydrogen-bond acceptors (Lipinski definition) is 2. The van der Waals surface area contributed by atoms with Gasteiger partial charge in [-0.3, -0.25) is 4.79 Å². The topological polar surface area (TPSA) is 37.3 Å². The van der Waals surface area contributed by atoms with Crippen molar-refractivity contribution in [3.05, 3.63) is 24.3 Å². The van der Waals surface area contributed by atoms with Crippen LogP contribution in [0.15, 0.2) is 24.3 Å². The maximum absolute atomic E-state index is 10.8. The molecule has 0 atom stereocenters. The van der Waals surface area contributed by atoms with E-state index < -0.39 is 5.60 Å². The number of aliphatic hydroxyl groups is 1. The zero-order valence-corrected chi connectivity index (χ0v) is 8.29. The summed E-state index contributed by atoms with van der Waals surface area (Å²) in [5.41, 5.74) is -1.23. The predicted molar refractivity (Wildman–Crippen MR) is 55.5 cm³/mol. The molecule has 0 aromatic carbocycles. The van der Waals surface area contributed by atoms with Gasteiger partial charge in [-0.1, -0.05) is 25.2 Å². The van der Waals surface area contributed by atoms with E-state index in [9.17, 15) is 9.90 Å². The van der Waals surface area contributed by atoms with Crippen LogP contribution in [0, 0.1) is 11.8 Å². The average Bonchev–Trinajstić information content (AvgIpc) is 2.18. The van der Waals surface area contributed by atoms with Crippen LogP contribution in [0.25, 0.3) is 0 Å². The van der Waals surface area contributed by atoms with E-state index in [1.165, 1.54) is 24.3 Å². The Morgan fingerprint density at radius 1 is 1.43 bits per heavy atom. The van der Waals surface area contributed by atoms with Crippen molar-refractivity contribution >= 4 is 5.78 Å². The smallest absolute Gasteiger partial charge is 0.178 e. The summed E-state index contributed by atoms with van der Waals surface area (Å²) in [6.45, 7) is 2.09. The Balaban J connectivity index is 2.58. The lowest BCUT2D eigenvalue weighted by Crippen LogP contribution is -2.23. The van der Waals surface area contributed by atoms with Crippen LogP contribution in [0.1, 0.15) is 26.2 Å². The molecule has 0 saturated carbocycles. The molecule has 74 valence electrons. The quantitative estimate of drug-likeness (QED) is 0.530. The third kappa shape index (κ3) is 3.20. The zero-order chi connectivity index (χ0) is 10.4. The number of rotatable bonds is 2. The first-order chi connectivity index (χ1) is 6.66. The molecule has 1 N–H and O–H groups in total. The lowest BCUT2D eigenvalue weighted by Gasteiger charge is -2.14. The van der Waals surface area contributed by atoms with Crippen molar-refractivity contribution in [1.29, 1.82) is 0 Å². The monoisotopic (exact) mass is 190 g/mol. The van der Waals surface area contributed by atoms with Crippen molar-refractivity contribution in [2.75, 3.05) is 0 Å². The maximum atomic E-state index is 10.8. The van der Waals surface area contributed by atoms with Crippen molar-refractivity contribution in [3.63, 3.8) is 0 Å². The molecule has 0 saturated heterocycles. The summed E-state index contributed by atoms with van der Waals surface area (Å²) < 4.78 is 0. The molecule has 0 aromatic rings. The number of ketones is 1. The van der Waals surface area contributed by atoms with Gasteiger partial charge in [-0.15, -0.1) is 0 Å². The van der Waals surface area contributed by atoms with Gasteiger partial charge in [0.25, 0.3) is 0 Å². The lowest BCUT2D eigenvalue weighted by atomic mass is 9.98. The summed E-state index contributed by atoms with van der Waals surface area (Å²) in [7, 11) is 0. The molecular formula is C12H14O2. The van der Waals surface area contributed by atoms with E-state index >= 15 is 0 Å². The lowest BCUT2D eigenvalue weighted by molar-refractivity contribution is -0.110. The van der Waals surface area contributed by atoms with Gasteiger partial charge < -0.3 is 5.11 Å². The van der Waals surface area contributed by atoms with Crippen LogP contribution in [-0.2, 0) is 4.79 Å². The van der Waals surface area contributed by atoms with Crippen molar-refractivity contribution in [2.45, 2.75) is 31.8 Å². The van der Waals surface area contributed by atoms with Gasteiger partial charge >= 0.3 is 0 Å². The highest BCUT2D eigenvalue weighted by Gasteiger charge is 2.19. The van der Waals surface area contributed by atoms with Gasteiger partial charge in [0.2, 0.25) is 0 Å². The summed E-state index contributed by atoms with van der Waals surface area (Å²) in [6, 6.07) is 0. The molecule has 1 rings (SSSR count). The number of allylic oxidation sites excluding steroid dienone is 2. The van der Waals surface area contributed by atoms with Crippen molar-refractivity contribution in [3.8, 4) is 11.8 Å². The SMILES string of the molecule is CCCCC#CC1(O)C=CC(=O)C=C1. The summed E-state index contributed by atoms with van der Waals surface area (Å²) in [6.07, 6.45) is 8.45. The van der Waals surface area contributed by atoms with Crippen LogP contribution in [0.3, 0.4) is 0 Å². The van der Waals surface area contributed by atoms with Crippen molar-refractivity contribution < 1.29 is 9.90 Å². The Hall–Kier alpha value is -1.33. The predicted octanol–water partition coefficient (Wildman–Crippen LogP) is 1.61. The Morgan fingerprint density at radius 2 is 2.07 bits per heavy atom. The number of unbranched alkanes of at least 4 members (excludes halogenated alkanes) is 2. The van der Waals surface area contributed by atoms with Gasteiger partial charge in [0.15, 0.2) is 11.4 Å². The van der Waals surface area contributed by atoms with Crippen LogP contribution in [0.4, 0.5) is 0 Å². The Bertz CT molecular complexity index is 310. The standard InChI is InChI=1S/C12H14O2/c1-2-3-4-5-8-12(14)9-6-11(13)7-10-12/h6-7,9-10,14H,2-4H2,1H3. The second-order valence-corrected chi connectivity index (χ2v) is 3.30. The minimum absolute atomic E-state index is 0.106. The van der Waals surface area contributed by atoms with Crippen LogP contribution in [0.5, 0.6) is 0 Å². The van der Waals surface area contributed by atoms with Gasteiger partial charge in [-0.2, -0.15) is 0 Å². The van der Waals surface area contributed by atoms with E-state index in [1.807, 2.05) is 0 Å². The summed E-state index contributed by atoms with van der Waals surface area (Å²) in [5.74, 6) is 5.52. The molecule has 0 unspecified atom stereocenters. The molecule has 14 heavy (non-hydrogen) atoms. The second kappa shape index (κ2) is 4.78. The fraction of sp³-hybridized carbons (Fsp3) is 0.417. The molecule has 0 radical (unpaired) electrons. The van der Waals surface area contributed by atoms with Gasteiger partial charge in [-0.05, 0) is 30.7 Å². The van der Waals surface area contributed by atoms with Crippen molar-refractivity contribution in [1.82, 2.24) is 0 Å². The van der Waals surface area contributed by atoms with Gasteiger partial charge in [-0.25, -0.2) is 0 Å². The summed E-state index contributed by atoms with van der Waals surface area (Å²) in [4.78, 5) is 10.8. The molecule has 0 fully saturated rings. The van der Waals surface area contributed by atoms with E-state index in [-0.39, 0.29) is 5.78 Å². The molecule has 0 bridgehead atoms. The Kier molecular flexibility index (Phi) is 3.67. The Labute approximate surface area is 84.3 Å². The molecule has 2 heteroatoms. The number of carbonyl (C=O) groups is 1. The van der Waals surface area contributed by atoms with Gasteiger partial charge in [0, 0.05) is 6.42 Å². The fourth-order valence-corrected chi connectivity index (χ4v) is 1.08. The molecule has 0 aliphatic heterocycles. The summed E-state index contributed by atoms with van der Waals surface area (Å²) >= 11 is 0. The first-order valence-corrected chi connectivity index (χ1v) is 4.81. The second-order valence-electron chi connectivity index (χ2n) is 3.30. The van der Waals surface area contributed by atoms with E-state index in [1.54, 1.807) is 0 Å². The molecule has 1 aliphatic carbocycles. The fourth-order valence-electron chi connectivity index (χ4n) is 1.08. The van der Waals surface area contributed by atoms with E-state index in [4.69, 9.17) is 0 Å². The first kappa shape index (κ1) is 10.7. The minimum Gasteiger partial charge on any atom is -0.370 e. The first-order valence-electron chi connectivity index (χ1n) is 4.81. The molecule has 1 aliphatic rings.